The van der Waals surface area contributed by atoms with E-state index in [1.165, 1.54) is 6.07 Å². The molecule has 22 heavy (non-hydrogen) atoms. The highest BCUT2D eigenvalue weighted by Gasteiger charge is 2.13. The van der Waals surface area contributed by atoms with Crippen LogP contribution >= 0.6 is 0 Å². The van der Waals surface area contributed by atoms with Crippen LogP contribution in [0.25, 0.3) is 11.0 Å². The molecule has 5 nitrogen and oxygen atoms in total. The highest BCUT2D eigenvalue weighted by molar-refractivity contribution is 6.05. The maximum absolute atomic E-state index is 12.2. The molecule has 1 aromatic carbocycles. The van der Waals surface area contributed by atoms with Gasteiger partial charge in [0.1, 0.15) is 11.3 Å². The molecule has 0 radical (unpaired) electrons. The van der Waals surface area contributed by atoms with Gasteiger partial charge in [-0.25, -0.2) is 4.79 Å². The Morgan fingerprint density at radius 3 is 2.77 bits per heavy atom. The Morgan fingerprint density at radius 1 is 1.32 bits per heavy atom. The summed E-state index contributed by atoms with van der Waals surface area (Å²) in [7, 11) is 0. The third-order valence-electron chi connectivity index (χ3n) is 3.15. The molecule has 1 amide bonds. The van der Waals surface area contributed by atoms with Gasteiger partial charge in [-0.15, -0.1) is 0 Å². The molecule has 0 aliphatic carbocycles. The standard InChI is InChI=1S/C17H21NO4/c1-4-5-8-18-17(20)14-10-16(19)22-15-9-12(21-11(2)3)6-7-13(14)15/h6-7,9-11H,4-5,8H2,1-3H3,(H,18,20). The van der Waals surface area contributed by atoms with Crippen molar-refractivity contribution in [3.05, 3.63) is 40.2 Å². The molecule has 118 valence electrons. The van der Waals surface area contributed by atoms with Crippen LogP contribution in [-0.2, 0) is 0 Å². The van der Waals surface area contributed by atoms with Crippen molar-refractivity contribution < 1.29 is 13.9 Å². The minimum atomic E-state index is -0.546. The molecule has 0 aliphatic rings. The van der Waals surface area contributed by atoms with Crippen LogP contribution in [0.5, 0.6) is 5.75 Å². The summed E-state index contributed by atoms with van der Waals surface area (Å²) in [5, 5.41) is 3.42. The van der Waals surface area contributed by atoms with Crippen LogP contribution in [0.15, 0.2) is 33.5 Å². The largest absolute Gasteiger partial charge is 0.491 e. The van der Waals surface area contributed by atoms with E-state index in [9.17, 15) is 9.59 Å². The molecule has 2 aromatic rings. The molecule has 5 heteroatoms. The maximum Gasteiger partial charge on any atom is 0.337 e. The Kier molecular flexibility index (Phi) is 5.20. The lowest BCUT2D eigenvalue weighted by Gasteiger charge is -2.11. The number of carbonyl (C=O) groups is 1. The number of ether oxygens (including phenoxy) is 1. The van der Waals surface area contributed by atoms with Crippen LogP contribution in [0.3, 0.4) is 0 Å². The lowest BCUT2D eigenvalue weighted by atomic mass is 10.1. The molecule has 0 saturated heterocycles. The van der Waals surface area contributed by atoms with Gasteiger partial charge in [0.05, 0.1) is 11.7 Å². The quantitative estimate of drug-likeness (QED) is 0.657. The molecule has 0 unspecified atom stereocenters. The number of hydrogen-bond acceptors (Lipinski definition) is 4. The molecule has 1 heterocycles. The topological polar surface area (TPSA) is 68.5 Å². The predicted molar refractivity (Wildman–Crippen MR) is 85.5 cm³/mol. The summed E-state index contributed by atoms with van der Waals surface area (Å²) in [5.74, 6) is 0.345. The van der Waals surface area contributed by atoms with Crippen molar-refractivity contribution in [2.75, 3.05) is 6.54 Å². The van der Waals surface area contributed by atoms with Crippen LogP contribution in [0, 0.1) is 0 Å². The van der Waals surface area contributed by atoms with Crippen molar-refractivity contribution in [1.82, 2.24) is 5.32 Å². The van der Waals surface area contributed by atoms with Gasteiger partial charge in [-0.05, 0) is 32.4 Å². The molecule has 0 spiro atoms. The second-order valence-corrected chi connectivity index (χ2v) is 5.41. The smallest absolute Gasteiger partial charge is 0.337 e. The third kappa shape index (κ3) is 3.87. The number of rotatable bonds is 6. The SMILES string of the molecule is CCCCNC(=O)c1cc(=O)oc2cc(OC(C)C)ccc12. The lowest BCUT2D eigenvalue weighted by molar-refractivity contribution is 0.0954. The first kappa shape index (κ1) is 16.1. The molecular weight excluding hydrogens is 282 g/mol. The Balaban J connectivity index is 2.38. The van der Waals surface area contributed by atoms with Crippen molar-refractivity contribution in [3.63, 3.8) is 0 Å². The number of hydrogen-bond donors (Lipinski definition) is 1. The molecule has 0 aliphatic heterocycles. The molecule has 0 fully saturated rings. The fourth-order valence-corrected chi connectivity index (χ4v) is 2.15. The van der Waals surface area contributed by atoms with E-state index in [-0.39, 0.29) is 12.0 Å². The molecular formula is C17H21NO4. The first-order chi connectivity index (χ1) is 10.5. The summed E-state index contributed by atoms with van der Waals surface area (Å²) in [6, 6.07) is 6.38. The zero-order chi connectivity index (χ0) is 16.1. The van der Waals surface area contributed by atoms with Gasteiger partial charge in [0.25, 0.3) is 5.91 Å². The fraction of sp³-hybridized carbons (Fsp3) is 0.412. The molecule has 0 atom stereocenters. The van der Waals surface area contributed by atoms with Gasteiger partial charge >= 0.3 is 5.63 Å². The lowest BCUT2D eigenvalue weighted by Crippen LogP contribution is -2.25. The minimum absolute atomic E-state index is 0.0182. The van der Waals surface area contributed by atoms with Crippen molar-refractivity contribution in [2.24, 2.45) is 0 Å². The summed E-state index contributed by atoms with van der Waals surface area (Å²) >= 11 is 0. The summed E-state index contributed by atoms with van der Waals surface area (Å²) in [4.78, 5) is 23.9. The Bertz CT molecular complexity index is 718. The minimum Gasteiger partial charge on any atom is -0.491 e. The van der Waals surface area contributed by atoms with E-state index in [1.807, 2.05) is 13.8 Å². The van der Waals surface area contributed by atoms with E-state index in [2.05, 4.69) is 12.2 Å². The van der Waals surface area contributed by atoms with Crippen molar-refractivity contribution in [2.45, 2.75) is 39.7 Å². The molecule has 1 N–H and O–H groups in total. The monoisotopic (exact) mass is 303 g/mol. The summed E-state index contributed by atoms with van der Waals surface area (Å²) < 4.78 is 10.8. The first-order valence-corrected chi connectivity index (χ1v) is 7.54. The number of amides is 1. The number of benzene rings is 1. The van der Waals surface area contributed by atoms with E-state index >= 15 is 0 Å². The van der Waals surface area contributed by atoms with E-state index in [4.69, 9.17) is 9.15 Å². The van der Waals surface area contributed by atoms with Crippen LogP contribution in [0.1, 0.15) is 44.0 Å². The molecule has 0 bridgehead atoms. The summed E-state index contributed by atoms with van der Waals surface area (Å²) in [6.07, 6.45) is 1.91. The highest BCUT2D eigenvalue weighted by atomic mass is 16.5. The van der Waals surface area contributed by atoms with Crippen LogP contribution in [0.4, 0.5) is 0 Å². The van der Waals surface area contributed by atoms with Gasteiger partial charge < -0.3 is 14.5 Å². The van der Waals surface area contributed by atoms with Crippen LogP contribution < -0.4 is 15.7 Å². The first-order valence-electron chi connectivity index (χ1n) is 7.54. The van der Waals surface area contributed by atoms with Gasteiger partial charge in [0, 0.05) is 24.1 Å². The predicted octanol–water partition coefficient (Wildman–Crippen LogP) is 3.11. The van der Waals surface area contributed by atoms with Gasteiger partial charge in [0.2, 0.25) is 0 Å². The molecule has 0 saturated carbocycles. The zero-order valence-corrected chi connectivity index (χ0v) is 13.1. The van der Waals surface area contributed by atoms with E-state index in [1.54, 1.807) is 18.2 Å². The number of nitrogens with one attached hydrogen (secondary N) is 1. The fourth-order valence-electron chi connectivity index (χ4n) is 2.15. The van der Waals surface area contributed by atoms with E-state index in [0.29, 0.717) is 28.8 Å². The highest BCUT2D eigenvalue weighted by Crippen LogP contribution is 2.23. The van der Waals surface area contributed by atoms with Crippen molar-refractivity contribution in [3.8, 4) is 5.75 Å². The van der Waals surface area contributed by atoms with Gasteiger partial charge in [0.15, 0.2) is 0 Å². The second kappa shape index (κ2) is 7.11. The summed E-state index contributed by atoms with van der Waals surface area (Å²) in [5.41, 5.74) is 0.138. The Morgan fingerprint density at radius 2 is 2.09 bits per heavy atom. The van der Waals surface area contributed by atoms with Gasteiger partial charge in [-0.2, -0.15) is 0 Å². The Labute approximate surface area is 129 Å². The molecule has 2 rings (SSSR count). The zero-order valence-electron chi connectivity index (χ0n) is 13.1. The van der Waals surface area contributed by atoms with Gasteiger partial charge in [-0.3, -0.25) is 4.79 Å². The average Bonchev–Trinajstić information content (AvgIpc) is 2.45. The summed E-state index contributed by atoms with van der Waals surface area (Å²) in [6.45, 7) is 6.47. The average molecular weight is 303 g/mol. The number of unbranched alkanes of at least 4 members (excludes halogenated alkanes) is 1. The van der Waals surface area contributed by atoms with Crippen LogP contribution in [0.2, 0.25) is 0 Å². The third-order valence-corrected chi connectivity index (χ3v) is 3.15. The van der Waals surface area contributed by atoms with Gasteiger partial charge in [-0.1, -0.05) is 13.3 Å². The van der Waals surface area contributed by atoms with Crippen LogP contribution in [-0.4, -0.2) is 18.6 Å². The normalized spacial score (nSPS) is 10.9. The van der Waals surface area contributed by atoms with E-state index < -0.39 is 5.63 Å². The molecule has 1 aromatic heterocycles. The Hall–Kier alpha value is -2.30. The van der Waals surface area contributed by atoms with Crippen molar-refractivity contribution >= 4 is 16.9 Å². The second-order valence-electron chi connectivity index (χ2n) is 5.41. The van der Waals surface area contributed by atoms with Crippen molar-refractivity contribution in [1.29, 1.82) is 0 Å². The number of fused-ring (bicyclic) bond motifs is 1. The maximum atomic E-state index is 12.2. The number of carbonyl (C=O) groups excluding carboxylic acids is 1. The van der Waals surface area contributed by atoms with E-state index in [0.717, 1.165) is 12.8 Å².